The predicted octanol–water partition coefficient (Wildman–Crippen LogP) is 4.60. The van der Waals surface area contributed by atoms with Crippen LogP contribution in [-0.4, -0.2) is 5.11 Å². The van der Waals surface area contributed by atoms with Crippen molar-refractivity contribution < 1.29 is 5.11 Å². The molecule has 114 valence electrons. The van der Waals surface area contributed by atoms with Crippen LogP contribution < -0.4 is 0 Å². The molecule has 3 aliphatic rings. The van der Waals surface area contributed by atoms with Gasteiger partial charge in [-0.1, -0.05) is 24.6 Å². The van der Waals surface area contributed by atoms with Crippen molar-refractivity contribution in [2.24, 2.45) is 17.8 Å². The Bertz CT molecular complexity index is 531. The summed E-state index contributed by atoms with van der Waals surface area (Å²) in [5, 5.41) is 11.1. The Balaban J connectivity index is 1.53. The van der Waals surface area contributed by atoms with Gasteiger partial charge in [0.25, 0.3) is 0 Å². The highest BCUT2D eigenvalue weighted by molar-refractivity contribution is 5.36. The van der Waals surface area contributed by atoms with Gasteiger partial charge in [0, 0.05) is 0 Å². The lowest BCUT2D eigenvalue weighted by molar-refractivity contribution is 0.0204. The van der Waals surface area contributed by atoms with Gasteiger partial charge >= 0.3 is 0 Å². The molecule has 1 heteroatoms. The first kappa shape index (κ1) is 13.8. The molecule has 21 heavy (non-hydrogen) atoms. The smallest absolute Gasteiger partial charge is 0.0871 e. The third kappa shape index (κ3) is 2.54. The Morgan fingerprint density at radius 2 is 1.90 bits per heavy atom. The summed E-state index contributed by atoms with van der Waals surface area (Å²) in [5.74, 6) is 2.63. The topological polar surface area (TPSA) is 20.2 Å². The van der Waals surface area contributed by atoms with Crippen LogP contribution in [0.4, 0.5) is 0 Å². The summed E-state index contributed by atoms with van der Waals surface area (Å²) >= 11 is 0. The van der Waals surface area contributed by atoms with E-state index in [2.05, 4.69) is 18.2 Å². The van der Waals surface area contributed by atoms with Gasteiger partial charge in [0.2, 0.25) is 0 Å². The van der Waals surface area contributed by atoms with E-state index in [1.165, 1.54) is 62.5 Å². The average molecular weight is 284 g/mol. The van der Waals surface area contributed by atoms with Crippen LogP contribution >= 0.6 is 0 Å². The maximum absolute atomic E-state index is 11.1. The van der Waals surface area contributed by atoms with Crippen LogP contribution in [0.1, 0.15) is 68.6 Å². The van der Waals surface area contributed by atoms with Crippen LogP contribution in [0.3, 0.4) is 0 Å². The summed E-state index contributed by atoms with van der Waals surface area (Å²) in [5.41, 5.74) is 3.53. The van der Waals surface area contributed by atoms with Gasteiger partial charge < -0.3 is 5.11 Å². The molecular weight excluding hydrogens is 256 g/mol. The standard InChI is InChI=1S/C20H28O/c1-20(21,13-18-11-14-6-7-17(18)10-14)19-9-8-15-4-2-3-5-16(15)12-19/h8-9,12,14,17-18,21H,2-7,10-11,13H2,1H3. The minimum atomic E-state index is -0.637. The van der Waals surface area contributed by atoms with E-state index in [4.69, 9.17) is 0 Å². The number of benzene rings is 1. The van der Waals surface area contributed by atoms with E-state index < -0.39 is 5.60 Å². The predicted molar refractivity (Wildman–Crippen MR) is 86.2 cm³/mol. The molecule has 3 aliphatic carbocycles. The molecule has 1 N–H and O–H groups in total. The molecule has 2 fully saturated rings. The Kier molecular flexibility index (Phi) is 3.37. The minimum Gasteiger partial charge on any atom is -0.385 e. The largest absolute Gasteiger partial charge is 0.385 e. The molecule has 0 spiro atoms. The molecule has 2 saturated carbocycles. The van der Waals surface area contributed by atoms with Gasteiger partial charge in [0.05, 0.1) is 5.60 Å². The monoisotopic (exact) mass is 284 g/mol. The van der Waals surface area contributed by atoms with Crippen molar-refractivity contribution in [3.63, 3.8) is 0 Å². The lowest BCUT2D eigenvalue weighted by Crippen LogP contribution is -2.27. The maximum Gasteiger partial charge on any atom is 0.0871 e. The van der Waals surface area contributed by atoms with Crippen LogP contribution in [0, 0.1) is 17.8 Å². The number of aliphatic hydroxyl groups is 1. The lowest BCUT2D eigenvalue weighted by Gasteiger charge is -2.32. The Morgan fingerprint density at radius 3 is 2.62 bits per heavy atom. The van der Waals surface area contributed by atoms with Gasteiger partial charge in [-0.25, -0.2) is 0 Å². The van der Waals surface area contributed by atoms with Crippen molar-refractivity contribution in [3.8, 4) is 0 Å². The van der Waals surface area contributed by atoms with Gasteiger partial charge in [0.15, 0.2) is 0 Å². The fourth-order valence-electron chi connectivity index (χ4n) is 5.32. The normalized spacial score (nSPS) is 33.7. The van der Waals surface area contributed by atoms with Crippen LogP contribution in [-0.2, 0) is 18.4 Å². The molecule has 0 saturated heterocycles. The summed E-state index contributed by atoms with van der Waals surface area (Å²) < 4.78 is 0. The first-order valence-electron chi connectivity index (χ1n) is 8.96. The van der Waals surface area contributed by atoms with Crippen LogP contribution in [0.25, 0.3) is 0 Å². The molecule has 4 rings (SSSR count). The van der Waals surface area contributed by atoms with Gasteiger partial charge in [-0.3, -0.25) is 0 Å². The van der Waals surface area contributed by atoms with Crippen molar-refractivity contribution in [3.05, 3.63) is 34.9 Å². The molecule has 2 bridgehead atoms. The average Bonchev–Trinajstić information content (AvgIpc) is 3.09. The molecule has 4 atom stereocenters. The molecule has 0 heterocycles. The molecule has 0 amide bonds. The van der Waals surface area contributed by atoms with Crippen LogP contribution in [0.5, 0.6) is 0 Å². The molecule has 1 aromatic carbocycles. The summed E-state index contributed by atoms with van der Waals surface area (Å²) in [4.78, 5) is 0. The summed E-state index contributed by atoms with van der Waals surface area (Å²) in [7, 11) is 0. The van der Waals surface area contributed by atoms with Crippen molar-refractivity contribution >= 4 is 0 Å². The first-order chi connectivity index (χ1) is 10.1. The van der Waals surface area contributed by atoms with E-state index >= 15 is 0 Å². The third-order valence-corrected chi connectivity index (χ3v) is 6.51. The van der Waals surface area contributed by atoms with Gasteiger partial charge in [0.1, 0.15) is 0 Å². The van der Waals surface area contributed by atoms with Gasteiger partial charge in [-0.2, -0.15) is 0 Å². The zero-order chi connectivity index (χ0) is 14.4. The second-order valence-electron chi connectivity index (χ2n) is 8.10. The van der Waals surface area contributed by atoms with Crippen LogP contribution in [0.2, 0.25) is 0 Å². The molecule has 0 radical (unpaired) electrons. The Morgan fingerprint density at radius 1 is 1.10 bits per heavy atom. The first-order valence-corrected chi connectivity index (χ1v) is 8.96. The maximum atomic E-state index is 11.1. The number of rotatable bonds is 3. The SMILES string of the molecule is CC(O)(CC1CC2CCC1C2)c1ccc2c(c1)CCCC2. The third-order valence-electron chi connectivity index (χ3n) is 6.51. The van der Waals surface area contributed by atoms with Crippen molar-refractivity contribution in [1.29, 1.82) is 0 Å². The number of hydrogen-bond donors (Lipinski definition) is 1. The zero-order valence-corrected chi connectivity index (χ0v) is 13.3. The molecule has 1 aromatic rings. The summed E-state index contributed by atoms with van der Waals surface area (Å²) in [6, 6.07) is 6.78. The molecule has 0 aliphatic heterocycles. The highest BCUT2D eigenvalue weighted by atomic mass is 16.3. The number of fused-ring (bicyclic) bond motifs is 3. The summed E-state index contributed by atoms with van der Waals surface area (Å²) in [6.07, 6.45) is 11.7. The second-order valence-corrected chi connectivity index (χ2v) is 8.10. The van der Waals surface area contributed by atoms with E-state index in [1.807, 2.05) is 6.92 Å². The summed E-state index contributed by atoms with van der Waals surface area (Å²) in [6.45, 7) is 2.05. The van der Waals surface area contributed by atoms with E-state index in [1.54, 1.807) is 0 Å². The Hall–Kier alpha value is -0.820. The molecule has 0 aromatic heterocycles. The van der Waals surface area contributed by atoms with Crippen molar-refractivity contribution in [2.75, 3.05) is 0 Å². The zero-order valence-electron chi connectivity index (χ0n) is 13.3. The van der Waals surface area contributed by atoms with E-state index in [0.717, 1.165) is 29.7 Å². The quantitative estimate of drug-likeness (QED) is 0.860. The van der Waals surface area contributed by atoms with E-state index in [0.29, 0.717) is 0 Å². The fraction of sp³-hybridized carbons (Fsp3) is 0.700. The molecular formula is C20H28O. The highest BCUT2D eigenvalue weighted by Gasteiger charge is 2.42. The van der Waals surface area contributed by atoms with Gasteiger partial charge in [-0.15, -0.1) is 0 Å². The highest BCUT2D eigenvalue weighted by Crippen LogP contribution is 2.51. The second kappa shape index (κ2) is 5.12. The fourth-order valence-corrected chi connectivity index (χ4v) is 5.32. The molecule has 1 nitrogen and oxygen atoms in total. The number of aryl methyl sites for hydroxylation is 2. The van der Waals surface area contributed by atoms with Crippen molar-refractivity contribution in [1.82, 2.24) is 0 Å². The van der Waals surface area contributed by atoms with Gasteiger partial charge in [-0.05, 0) is 92.7 Å². The van der Waals surface area contributed by atoms with E-state index in [-0.39, 0.29) is 0 Å². The molecule has 4 unspecified atom stereocenters. The van der Waals surface area contributed by atoms with Crippen molar-refractivity contribution in [2.45, 2.75) is 70.3 Å². The van der Waals surface area contributed by atoms with Crippen LogP contribution in [0.15, 0.2) is 18.2 Å². The van der Waals surface area contributed by atoms with E-state index in [9.17, 15) is 5.11 Å². The number of hydrogen-bond acceptors (Lipinski definition) is 1. The minimum absolute atomic E-state index is 0.637. The lowest BCUT2D eigenvalue weighted by atomic mass is 9.77. The Labute approximate surface area is 128 Å².